The summed E-state index contributed by atoms with van der Waals surface area (Å²) < 4.78 is 0. The van der Waals surface area contributed by atoms with Gasteiger partial charge in [0.15, 0.2) is 0 Å². The summed E-state index contributed by atoms with van der Waals surface area (Å²) in [5, 5.41) is 2.82. The second kappa shape index (κ2) is 7.58. The van der Waals surface area contributed by atoms with Gasteiger partial charge < -0.3 is 10.2 Å². The number of anilines is 2. The maximum Gasteiger partial charge on any atom is 0.258 e. The molecule has 1 N–H and O–H groups in total. The number of benzene rings is 2. The predicted octanol–water partition coefficient (Wildman–Crippen LogP) is 3.95. The summed E-state index contributed by atoms with van der Waals surface area (Å²) in [5.74, 6) is -0.254. The van der Waals surface area contributed by atoms with Gasteiger partial charge in [0, 0.05) is 29.4 Å². The van der Waals surface area contributed by atoms with Gasteiger partial charge in [-0.2, -0.15) is 0 Å². The lowest BCUT2D eigenvalue weighted by molar-refractivity contribution is -0.118. The second-order valence-corrected chi connectivity index (χ2v) is 5.61. The highest BCUT2D eigenvalue weighted by atomic mass is 16.2. The van der Waals surface area contributed by atoms with Crippen molar-refractivity contribution in [3.63, 3.8) is 0 Å². The van der Waals surface area contributed by atoms with Crippen LogP contribution >= 0.6 is 0 Å². The largest absolute Gasteiger partial charge is 0.326 e. The zero-order valence-corrected chi connectivity index (χ0v) is 13.7. The van der Waals surface area contributed by atoms with Gasteiger partial charge in [0.1, 0.15) is 0 Å². The molecule has 120 valence electrons. The minimum atomic E-state index is -0.106. The van der Waals surface area contributed by atoms with Gasteiger partial charge in [0.05, 0.1) is 0 Å². The summed E-state index contributed by atoms with van der Waals surface area (Å²) in [6.45, 7) is 6.18. The molecule has 0 fully saturated rings. The van der Waals surface area contributed by atoms with Crippen LogP contribution in [-0.4, -0.2) is 18.4 Å². The molecule has 2 aromatic rings. The fourth-order valence-electron chi connectivity index (χ4n) is 2.22. The van der Waals surface area contributed by atoms with E-state index >= 15 is 0 Å². The van der Waals surface area contributed by atoms with Crippen LogP contribution in [0.2, 0.25) is 0 Å². The van der Waals surface area contributed by atoms with E-state index in [2.05, 4.69) is 5.32 Å². The molecule has 2 aromatic carbocycles. The van der Waals surface area contributed by atoms with Crippen LogP contribution in [-0.2, 0) is 4.79 Å². The minimum Gasteiger partial charge on any atom is -0.326 e. The molecule has 0 aliphatic rings. The van der Waals surface area contributed by atoms with Gasteiger partial charge in [-0.1, -0.05) is 38.1 Å². The number of carbonyl (C=O) groups excluding carboxylic acids is 2. The maximum absolute atomic E-state index is 12.8. The predicted molar refractivity (Wildman–Crippen MR) is 93.7 cm³/mol. The molecule has 0 bridgehead atoms. The number of nitrogens with zero attached hydrogens (tertiary/aromatic N) is 1. The molecule has 0 atom stereocenters. The van der Waals surface area contributed by atoms with Gasteiger partial charge in [0.25, 0.3) is 5.91 Å². The van der Waals surface area contributed by atoms with E-state index in [1.165, 1.54) is 0 Å². The topological polar surface area (TPSA) is 49.4 Å². The van der Waals surface area contributed by atoms with E-state index in [1.54, 1.807) is 29.2 Å². The molecule has 0 unspecified atom stereocenters. The van der Waals surface area contributed by atoms with Crippen LogP contribution in [0, 0.1) is 5.92 Å². The van der Waals surface area contributed by atoms with Crippen LogP contribution in [0.1, 0.15) is 31.1 Å². The van der Waals surface area contributed by atoms with Crippen LogP contribution in [0.15, 0.2) is 54.6 Å². The Labute approximate surface area is 137 Å². The van der Waals surface area contributed by atoms with Crippen molar-refractivity contribution in [3.8, 4) is 0 Å². The molecule has 4 heteroatoms. The molecular weight excluding hydrogens is 288 g/mol. The molecule has 4 nitrogen and oxygen atoms in total. The molecule has 0 radical (unpaired) electrons. The minimum absolute atomic E-state index is 0.0648. The maximum atomic E-state index is 12.8. The Morgan fingerprint density at radius 2 is 1.74 bits per heavy atom. The Bertz CT molecular complexity index is 681. The number of hydrogen-bond acceptors (Lipinski definition) is 2. The summed E-state index contributed by atoms with van der Waals surface area (Å²) in [7, 11) is 0. The van der Waals surface area contributed by atoms with Crippen LogP contribution in [0.3, 0.4) is 0 Å². The van der Waals surface area contributed by atoms with Crippen molar-refractivity contribution < 1.29 is 9.59 Å². The van der Waals surface area contributed by atoms with E-state index < -0.39 is 0 Å². The fraction of sp³-hybridized carbons (Fsp3) is 0.263. The number of hydrogen-bond donors (Lipinski definition) is 1. The van der Waals surface area contributed by atoms with E-state index in [4.69, 9.17) is 0 Å². The van der Waals surface area contributed by atoms with Crippen LogP contribution in [0.25, 0.3) is 0 Å². The molecule has 23 heavy (non-hydrogen) atoms. The van der Waals surface area contributed by atoms with Crippen LogP contribution < -0.4 is 10.2 Å². The first-order chi connectivity index (χ1) is 11.0. The first kappa shape index (κ1) is 16.7. The summed E-state index contributed by atoms with van der Waals surface area (Å²) in [6.07, 6.45) is 0. The highest BCUT2D eigenvalue weighted by Crippen LogP contribution is 2.19. The highest BCUT2D eigenvalue weighted by Gasteiger charge is 2.16. The van der Waals surface area contributed by atoms with Crippen molar-refractivity contribution >= 4 is 23.2 Å². The molecular formula is C19H22N2O2. The Morgan fingerprint density at radius 3 is 2.35 bits per heavy atom. The molecule has 0 spiro atoms. The smallest absolute Gasteiger partial charge is 0.258 e. The SMILES string of the molecule is CCN(C(=O)c1cccc(NC(=O)C(C)C)c1)c1ccccc1. The highest BCUT2D eigenvalue weighted by molar-refractivity contribution is 6.07. The number of carbonyl (C=O) groups is 2. The third-order valence-corrected chi connectivity index (χ3v) is 3.53. The molecule has 2 rings (SSSR count). The Hall–Kier alpha value is -2.62. The van der Waals surface area contributed by atoms with Crippen molar-refractivity contribution in [2.24, 2.45) is 5.92 Å². The van der Waals surface area contributed by atoms with Crippen molar-refractivity contribution in [1.29, 1.82) is 0 Å². The third-order valence-electron chi connectivity index (χ3n) is 3.53. The standard InChI is InChI=1S/C19H22N2O2/c1-4-21(17-11-6-5-7-12-17)19(23)15-9-8-10-16(13-15)20-18(22)14(2)3/h5-14H,4H2,1-3H3,(H,20,22). The van der Waals surface area contributed by atoms with Crippen molar-refractivity contribution in [2.45, 2.75) is 20.8 Å². The average Bonchev–Trinajstić information content (AvgIpc) is 2.56. The van der Waals surface area contributed by atoms with Gasteiger partial charge in [0.2, 0.25) is 5.91 Å². The number of rotatable bonds is 5. The zero-order chi connectivity index (χ0) is 16.8. The second-order valence-electron chi connectivity index (χ2n) is 5.61. The van der Waals surface area contributed by atoms with Gasteiger partial charge in [-0.3, -0.25) is 9.59 Å². The molecule has 0 heterocycles. The van der Waals surface area contributed by atoms with Gasteiger partial charge >= 0.3 is 0 Å². The molecule has 0 saturated heterocycles. The first-order valence-electron chi connectivity index (χ1n) is 7.80. The van der Waals surface area contributed by atoms with E-state index in [0.717, 1.165) is 5.69 Å². The van der Waals surface area contributed by atoms with E-state index in [1.807, 2.05) is 51.1 Å². The Morgan fingerprint density at radius 1 is 1.04 bits per heavy atom. The number of amides is 2. The van der Waals surface area contributed by atoms with Crippen LogP contribution in [0.4, 0.5) is 11.4 Å². The lowest BCUT2D eigenvalue weighted by atomic mass is 10.1. The summed E-state index contributed by atoms with van der Waals surface area (Å²) in [6, 6.07) is 16.6. The summed E-state index contributed by atoms with van der Waals surface area (Å²) >= 11 is 0. The Kier molecular flexibility index (Phi) is 5.52. The molecule has 0 aliphatic carbocycles. The zero-order valence-electron chi connectivity index (χ0n) is 13.7. The number of para-hydroxylation sites is 1. The van der Waals surface area contributed by atoms with Gasteiger partial charge in [-0.05, 0) is 37.3 Å². The number of nitrogens with one attached hydrogen (secondary N) is 1. The van der Waals surface area contributed by atoms with Gasteiger partial charge in [-0.25, -0.2) is 0 Å². The molecule has 2 amide bonds. The van der Waals surface area contributed by atoms with Crippen molar-refractivity contribution in [3.05, 3.63) is 60.2 Å². The fourth-order valence-corrected chi connectivity index (χ4v) is 2.22. The average molecular weight is 310 g/mol. The monoisotopic (exact) mass is 310 g/mol. The summed E-state index contributed by atoms with van der Waals surface area (Å²) in [4.78, 5) is 26.3. The van der Waals surface area contributed by atoms with Crippen molar-refractivity contribution in [2.75, 3.05) is 16.8 Å². The van der Waals surface area contributed by atoms with E-state index in [-0.39, 0.29) is 17.7 Å². The molecule has 0 aromatic heterocycles. The van der Waals surface area contributed by atoms with Crippen LogP contribution in [0.5, 0.6) is 0 Å². The normalized spacial score (nSPS) is 10.4. The van der Waals surface area contributed by atoms with Gasteiger partial charge in [-0.15, -0.1) is 0 Å². The lowest BCUT2D eigenvalue weighted by Gasteiger charge is -2.21. The first-order valence-corrected chi connectivity index (χ1v) is 7.80. The molecule has 0 aliphatic heterocycles. The Balaban J connectivity index is 2.23. The van der Waals surface area contributed by atoms with E-state index in [9.17, 15) is 9.59 Å². The van der Waals surface area contributed by atoms with Crippen molar-refractivity contribution in [1.82, 2.24) is 0 Å². The lowest BCUT2D eigenvalue weighted by Crippen LogP contribution is -2.30. The third kappa shape index (κ3) is 4.19. The van der Waals surface area contributed by atoms with E-state index in [0.29, 0.717) is 17.8 Å². The summed E-state index contributed by atoms with van der Waals surface area (Å²) in [5.41, 5.74) is 2.05. The quantitative estimate of drug-likeness (QED) is 0.909. The molecule has 0 saturated carbocycles.